The van der Waals surface area contributed by atoms with Crippen LogP contribution in [-0.2, 0) is 11.2 Å². The summed E-state index contributed by atoms with van der Waals surface area (Å²) in [5.41, 5.74) is 1.32. The molecule has 0 bridgehead atoms. The van der Waals surface area contributed by atoms with Gasteiger partial charge >= 0.3 is 0 Å². The minimum Gasteiger partial charge on any atom is -0.326 e. The molecule has 0 spiro atoms. The number of halogens is 7. The molecule has 35 heavy (non-hydrogen) atoms. The molecule has 3 nitrogen and oxygen atoms in total. The Labute approximate surface area is 219 Å². The second kappa shape index (κ2) is 9.66. The summed E-state index contributed by atoms with van der Waals surface area (Å²) < 4.78 is 39.3. The lowest BCUT2D eigenvalue weighted by Crippen LogP contribution is -2.18. The van der Waals surface area contributed by atoms with Crippen molar-refractivity contribution in [3.8, 4) is 0 Å². The molecule has 0 aromatic heterocycles. The predicted octanol–water partition coefficient (Wildman–Crippen LogP) is 7.67. The first-order valence-corrected chi connectivity index (χ1v) is 11.8. The number of nitrogens with one attached hydrogen (secondary N) is 1. The van der Waals surface area contributed by atoms with Gasteiger partial charge in [-0.1, -0.05) is 35.3 Å². The summed E-state index contributed by atoms with van der Waals surface area (Å²) in [6.45, 7) is 1.64. The SMILES string of the molecule is Cc1cc(NC(=O)C2C(c3ccc(F)c(Cl)c3)C2(Cl)Cl)cc(C(=O)Cc2ccc(F)cc2F)c1Cl. The molecule has 1 aliphatic carbocycles. The van der Waals surface area contributed by atoms with E-state index in [1.54, 1.807) is 13.0 Å². The van der Waals surface area contributed by atoms with Crippen LogP contribution in [0, 0.1) is 30.3 Å². The zero-order valence-corrected chi connectivity index (χ0v) is 21.0. The lowest BCUT2D eigenvalue weighted by molar-refractivity contribution is -0.117. The first-order chi connectivity index (χ1) is 16.4. The molecule has 1 N–H and O–H groups in total. The third-order valence-electron chi connectivity index (χ3n) is 5.83. The highest BCUT2D eigenvalue weighted by atomic mass is 35.5. The summed E-state index contributed by atoms with van der Waals surface area (Å²) in [7, 11) is 0. The number of carbonyl (C=O) groups excluding carboxylic acids is 2. The molecule has 3 aromatic carbocycles. The van der Waals surface area contributed by atoms with Crippen molar-refractivity contribution in [3.63, 3.8) is 0 Å². The molecular weight excluding hydrogens is 545 g/mol. The number of amides is 1. The molecule has 1 amide bonds. The molecule has 3 aromatic rings. The minimum atomic E-state index is -1.44. The van der Waals surface area contributed by atoms with Crippen molar-refractivity contribution in [2.75, 3.05) is 5.32 Å². The molecule has 4 rings (SSSR count). The van der Waals surface area contributed by atoms with Crippen LogP contribution in [0.1, 0.15) is 33.0 Å². The van der Waals surface area contributed by atoms with Gasteiger partial charge in [0.25, 0.3) is 0 Å². The Hall–Kier alpha value is -2.25. The highest BCUT2D eigenvalue weighted by Crippen LogP contribution is 2.65. The lowest BCUT2D eigenvalue weighted by Gasteiger charge is -2.12. The van der Waals surface area contributed by atoms with E-state index in [1.807, 2.05) is 0 Å². The summed E-state index contributed by atoms with van der Waals surface area (Å²) in [4.78, 5) is 25.8. The van der Waals surface area contributed by atoms with Crippen LogP contribution < -0.4 is 5.32 Å². The molecule has 0 radical (unpaired) electrons. The number of carbonyl (C=O) groups is 2. The number of aryl methyl sites for hydroxylation is 1. The van der Waals surface area contributed by atoms with Crippen molar-refractivity contribution < 1.29 is 22.8 Å². The Morgan fingerprint density at radius 2 is 1.69 bits per heavy atom. The number of hydrogen-bond acceptors (Lipinski definition) is 2. The van der Waals surface area contributed by atoms with Crippen LogP contribution >= 0.6 is 46.4 Å². The van der Waals surface area contributed by atoms with Crippen molar-refractivity contribution in [1.29, 1.82) is 0 Å². The standard InChI is InChI=1S/C25H16Cl4F3NO2/c1-11-6-15(10-16(23(11)27)20(34)8-12-2-4-14(30)9-19(12)32)33-24(35)22-21(25(22,28)29)13-3-5-18(31)17(26)7-13/h2-7,9-10,21-22H,8H2,1H3,(H,33,35). The van der Waals surface area contributed by atoms with E-state index in [-0.39, 0.29) is 33.3 Å². The number of hydrogen-bond donors (Lipinski definition) is 1. The monoisotopic (exact) mass is 559 g/mol. The van der Waals surface area contributed by atoms with Gasteiger partial charge in [0.15, 0.2) is 5.78 Å². The average Bonchev–Trinajstić information content (AvgIpc) is 3.36. The molecule has 10 heteroatoms. The number of alkyl halides is 2. The van der Waals surface area contributed by atoms with E-state index >= 15 is 0 Å². The van der Waals surface area contributed by atoms with E-state index in [0.717, 1.165) is 6.07 Å². The van der Waals surface area contributed by atoms with Crippen LogP contribution in [0.2, 0.25) is 10.0 Å². The fourth-order valence-corrected chi connectivity index (χ4v) is 5.20. The van der Waals surface area contributed by atoms with Gasteiger partial charge in [0, 0.05) is 29.7 Å². The van der Waals surface area contributed by atoms with Gasteiger partial charge in [-0.3, -0.25) is 9.59 Å². The summed E-state index contributed by atoms with van der Waals surface area (Å²) in [5, 5.41) is 2.71. The van der Waals surface area contributed by atoms with Gasteiger partial charge in [0.2, 0.25) is 5.91 Å². The summed E-state index contributed by atoms with van der Waals surface area (Å²) >= 11 is 24.8. The molecule has 1 fully saturated rings. The minimum absolute atomic E-state index is 0.00685. The fraction of sp³-hybridized carbons (Fsp3) is 0.200. The first kappa shape index (κ1) is 25.8. The maximum Gasteiger partial charge on any atom is 0.231 e. The summed E-state index contributed by atoms with van der Waals surface area (Å²) in [5.74, 6) is -4.75. The normalized spacial score (nSPS) is 18.3. The molecule has 0 aliphatic heterocycles. The van der Waals surface area contributed by atoms with Crippen molar-refractivity contribution in [1.82, 2.24) is 0 Å². The van der Waals surface area contributed by atoms with E-state index in [9.17, 15) is 22.8 Å². The van der Waals surface area contributed by atoms with Crippen LogP contribution in [0.25, 0.3) is 0 Å². The summed E-state index contributed by atoms with van der Waals surface area (Å²) in [6, 6.07) is 9.85. The molecule has 2 unspecified atom stereocenters. The second-order valence-corrected chi connectivity index (χ2v) is 10.5. The Bertz CT molecular complexity index is 1360. The number of benzene rings is 3. The largest absolute Gasteiger partial charge is 0.326 e. The Morgan fingerprint density at radius 1 is 0.971 bits per heavy atom. The fourth-order valence-electron chi connectivity index (χ4n) is 3.97. The number of Topliss-reactive ketones (excluding diaryl/α,β-unsaturated/α-hetero) is 1. The Balaban J connectivity index is 1.55. The van der Waals surface area contributed by atoms with Gasteiger partial charge in [0.1, 0.15) is 21.8 Å². The van der Waals surface area contributed by atoms with Crippen molar-refractivity contribution in [3.05, 3.63) is 98.3 Å². The van der Waals surface area contributed by atoms with Gasteiger partial charge in [0.05, 0.1) is 16.0 Å². The molecule has 2 atom stereocenters. The van der Waals surface area contributed by atoms with Crippen molar-refractivity contribution in [2.24, 2.45) is 5.92 Å². The summed E-state index contributed by atoms with van der Waals surface area (Å²) in [6.07, 6.45) is -0.356. The van der Waals surface area contributed by atoms with Crippen LogP contribution in [-0.4, -0.2) is 16.0 Å². The van der Waals surface area contributed by atoms with Crippen LogP contribution in [0.3, 0.4) is 0 Å². The Morgan fingerprint density at radius 3 is 2.34 bits per heavy atom. The lowest BCUT2D eigenvalue weighted by atomic mass is 10.00. The quantitative estimate of drug-likeness (QED) is 0.248. The van der Waals surface area contributed by atoms with Gasteiger partial charge in [-0.2, -0.15) is 0 Å². The molecule has 0 saturated heterocycles. The van der Waals surface area contributed by atoms with E-state index < -0.39 is 45.3 Å². The average molecular weight is 561 g/mol. The third-order valence-corrected chi connectivity index (χ3v) is 7.56. The Kier molecular flexibility index (Phi) is 7.13. The smallest absolute Gasteiger partial charge is 0.231 e. The second-order valence-electron chi connectivity index (χ2n) is 8.28. The number of rotatable bonds is 6. The maximum absolute atomic E-state index is 14.0. The maximum atomic E-state index is 14.0. The topological polar surface area (TPSA) is 46.2 Å². The number of anilines is 1. The van der Waals surface area contributed by atoms with Gasteiger partial charge < -0.3 is 5.32 Å². The van der Waals surface area contributed by atoms with Gasteiger partial charge in [-0.15, -0.1) is 23.2 Å². The third kappa shape index (κ3) is 5.17. The van der Waals surface area contributed by atoms with Crippen molar-refractivity contribution >= 4 is 63.8 Å². The van der Waals surface area contributed by atoms with Crippen molar-refractivity contribution in [2.45, 2.75) is 23.6 Å². The van der Waals surface area contributed by atoms with E-state index in [1.165, 1.54) is 30.3 Å². The zero-order chi connectivity index (χ0) is 25.7. The van der Waals surface area contributed by atoms with Crippen LogP contribution in [0.15, 0.2) is 48.5 Å². The van der Waals surface area contributed by atoms with Gasteiger partial charge in [-0.25, -0.2) is 13.2 Å². The molecular formula is C25H16Cl4F3NO2. The number of ketones is 1. The van der Waals surface area contributed by atoms with E-state index in [4.69, 9.17) is 46.4 Å². The molecule has 1 aliphatic rings. The highest BCUT2D eigenvalue weighted by molar-refractivity contribution is 6.53. The highest BCUT2D eigenvalue weighted by Gasteiger charge is 2.67. The zero-order valence-electron chi connectivity index (χ0n) is 17.9. The molecule has 182 valence electrons. The van der Waals surface area contributed by atoms with E-state index in [0.29, 0.717) is 17.2 Å². The van der Waals surface area contributed by atoms with Crippen LogP contribution in [0.5, 0.6) is 0 Å². The predicted molar refractivity (Wildman–Crippen MR) is 131 cm³/mol. The first-order valence-electron chi connectivity index (χ1n) is 10.3. The van der Waals surface area contributed by atoms with E-state index in [2.05, 4.69) is 5.32 Å². The van der Waals surface area contributed by atoms with Gasteiger partial charge in [-0.05, 0) is 53.9 Å². The molecule has 0 heterocycles. The van der Waals surface area contributed by atoms with Crippen LogP contribution in [0.4, 0.5) is 18.9 Å². The molecule has 1 saturated carbocycles.